The van der Waals surface area contributed by atoms with E-state index in [9.17, 15) is 9.50 Å². The molecule has 1 aliphatic rings. The summed E-state index contributed by atoms with van der Waals surface area (Å²) in [4.78, 5) is 0. The molecule has 1 aliphatic carbocycles. The summed E-state index contributed by atoms with van der Waals surface area (Å²) in [6.07, 6.45) is 2.99. The summed E-state index contributed by atoms with van der Waals surface area (Å²) in [7, 11) is 0. The van der Waals surface area contributed by atoms with Crippen molar-refractivity contribution in [2.24, 2.45) is 5.41 Å². The van der Waals surface area contributed by atoms with Crippen molar-refractivity contribution in [1.82, 2.24) is 0 Å². The molecule has 0 radical (unpaired) electrons. The van der Waals surface area contributed by atoms with E-state index in [1.165, 1.54) is 12.1 Å². The van der Waals surface area contributed by atoms with Crippen molar-refractivity contribution in [2.45, 2.75) is 38.6 Å². The second-order valence-electron chi connectivity index (χ2n) is 5.91. The smallest absolute Gasteiger partial charge is 0.123 e. The van der Waals surface area contributed by atoms with E-state index >= 15 is 0 Å². The minimum atomic E-state index is -0.249. The predicted molar refractivity (Wildman–Crippen MR) is 67.5 cm³/mol. The van der Waals surface area contributed by atoms with Gasteiger partial charge in [-0.05, 0) is 48.9 Å². The molecule has 0 spiro atoms. The number of nitrogens with one attached hydrogen (secondary N) is 1. The number of hydrogen-bond donors (Lipinski definition) is 2. The van der Waals surface area contributed by atoms with Crippen LogP contribution >= 0.6 is 0 Å². The third-order valence-electron chi connectivity index (χ3n) is 3.65. The van der Waals surface area contributed by atoms with E-state index in [1.54, 1.807) is 12.1 Å². The fourth-order valence-electron chi connectivity index (χ4n) is 2.79. The molecule has 2 N–H and O–H groups in total. The Bertz CT molecular complexity index is 388. The highest BCUT2D eigenvalue weighted by atomic mass is 19.1. The van der Waals surface area contributed by atoms with Crippen LogP contribution in [-0.4, -0.2) is 17.3 Å². The van der Waals surface area contributed by atoms with Crippen molar-refractivity contribution in [3.8, 4) is 0 Å². The minimum Gasteiger partial charge on any atom is -0.394 e. The number of benzene rings is 1. The molecule has 0 saturated heterocycles. The molecule has 0 amide bonds. The Kier molecular flexibility index (Phi) is 3.13. The van der Waals surface area contributed by atoms with Crippen molar-refractivity contribution in [3.63, 3.8) is 0 Å². The second kappa shape index (κ2) is 4.30. The van der Waals surface area contributed by atoms with Crippen LogP contribution in [0, 0.1) is 11.2 Å². The van der Waals surface area contributed by atoms with Crippen LogP contribution in [0.15, 0.2) is 24.3 Å². The highest BCUT2D eigenvalue weighted by molar-refractivity contribution is 5.46. The molecule has 0 heterocycles. The van der Waals surface area contributed by atoms with Gasteiger partial charge in [0.1, 0.15) is 5.82 Å². The van der Waals surface area contributed by atoms with Crippen LogP contribution in [0.1, 0.15) is 33.1 Å². The lowest BCUT2D eigenvalue weighted by molar-refractivity contribution is 0.202. The van der Waals surface area contributed by atoms with Crippen LogP contribution in [-0.2, 0) is 0 Å². The molecule has 1 fully saturated rings. The molecule has 1 saturated carbocycles. The van der Waals surface area contributed by atoms with Crippen molar-refractivity contribution in [1.29, 1.82) is 0 Å². The highest BCUT2D eigenvalue weighted by Crippen LogP contribution is 2.44. The van der Waals surface area contributed by atoms with Gasteiger partial charge in [0, 0.05) is 5.69 Å². The zero-order chi connectivity index (χ0) is 12.5. The van der Waals surface area contributed by atoms with Gasteiger partial charge in [0.05, 0.1) is 12.1 Å². The number of anilines is 1. The quantitative estimate of drug-likeness (QED) is 0.846. The van der Waals surface area contributed by atoms with Crippen molar-refractivity contribution in [2.75, 3.05) is 11.9 Å². The van der Waals surface area contributed by atoms with Gasteiger partial charge >= 0.3 is 0 Å². The summed E-state index contributed by atoms with van der Waals surface area (Å²) >= 11 is 0. The summed E-state index contributed by atoms with van der Waals surface area (Å²) in [5, 5.41) is 13.0. The van der Waals surface area contributed by atoms with Crippen LogP contribution < -0.4 is 5.32 Å². The first-order chi connectivity index (χ1) is 7.95. The Hall–Kier alpha value is -1.09. The molecular weight excluding hydrogens is 217 g/mol. The predicted octanol–water partition coefficient (Wildman–Crippen LogP) is 3.18. The zero-order valence-electron chi connectivity index (χ0n) is 10.5. The molecule has 94 valence electrons. The molecular formula is C14H20FNO. The molecule has 1 aromatic rings. The Morgan fingerprint density at radius 1 is 1.24 bits per heavy atom. The topological polar surface area (TPSA) is 32.3 Å². The maximum absolute atomic E-state index is 12.8. The van der Waals surface area contributed by atoms with E-state index in [1.807, 2.05) is 0 Å². The molecule has 0 bridgehead atoms. The van der Waals surface area contributed by atoms with Gasteiger partial charge in [0.2, 0.25) is 0 Å². The van der Waals surface area contributed by atoms with Crippen molar-refractivity contribution < 1.29 is 9.50 Å². The molecule has 0 aromatic heterocycles. The average molecular weight is 237 g/mol. The maximum atomic E-state index is 12.8. The van der Waals surface area contributed by atoms with E-state index in [0.717, 1.165) is 24.9 Å². The Morgan fingerprint density at radius 3 is 2.35 bits per heavy atom. The molecule has 1 unspecified atom stereocenters. The number of aliphatic hydroxyl groups excluding tert-OH is 1. The summed E-state index contributed by atoms with van der Waals surface area (Å²) in [6, 6.07) is 6.32. The lowest BCUT2D eigenvalue weighted by Crippen LogP contribution is -2.40. The van der Waals surface area contributed by atoms with Crippen LogP contribution in [0.5, 0.6) is 0 Å². The first kappa shape index (κ1) is 12.4. The normalized spacial score (nSPS) is 27.1. The van der Waals surface area contributed by atoms with Gasteiger partial charge in [-0.2, -0.15) is 0 Å². The Morgan fingerprint density at radius 2 is 1.88 bits per heavy atom. The summed E-state index contributed by atoms with van der Waals surface area (Å²) in [6.45, 7) is 4.56. The van der Waals surface area contributed by atoms with Gasteiger partial charge in [-0.15, -0.1) is 0 Å². The monoisotopic (exact) mass is 237 g/mol. The third kappa shape index (κ3) is 2.78. The van der Waals surface area contributed by atoms with Gasteiger partial charge in [-0.1, -0.05) is 13.8 Å². The van der Waals surface area contributed by atoms with Crippen LogP contribution in [0.25, 0.3) is 0 Å². The van der Waals surface area contributed by atoms with Gasteiger partial charge in [0.25, 0.3) is 0 Å². The number of rotatable bonds is 3. The van der Waals surface area contributed by atoms with E-state index in [4.69, 9.17) is 0 Å². The third-order valence-corrected chi connectivity index (χ3v) is 3.65. The number of halogens is 1. The van der Waals surface area contributed by atoms with Crippen molar-refractivity contribution in [3.05, 3.63) is 30.1 Å². The molecule has 2 nitrogen and oxygen atoms in total. The van der Waals surface area contributed by atoms with Gasteiger partial charge in [-0.3, -0.25) is 0 Å². The summed E-state index contributed by atoms with van der Waals surface area (Å²) in [5.41, 5.74) is 0.884. The Labute approximate surface area is 102 Å². The molecule has 2 rings (SSSR count). The lowest BCUT2D eigenvalue weighted by Gasteiger charge is -2.31. The van der Waals surface area contributed by atoms with E-state index < -0.39 is 0 Å². The van der Waals surface area contributed by atoms with E-state index in [0.29, 0.717) is 0 Å². The summed E-state index contributed by atoms with van der Waals surface area (Å²) < 4.78 is 12.8. The summed E-state index contributed by atoms with van der Waals surface area (Å²) in [5.74, 6) is -0.236. The molecule has 1 atom stereocenters. The highest BCUT2D eigenvalue weighted by Gasteiger charge is 2.42. The Balaban J connectivity index is 2.13. The fraction of sp³-hybridized carbons (Fsp3) is 0.571. The zero-order valence-corrected chi connectivity index (χ0v) is 10.5. The first-order valence-corrected chi connectivity index (χ1v) is 6.09. The second-order valence-corrected chi connectivity index (χ2v) is 5.91. The molecule has 0 aliphatic heterocycles. The number of hydrogen-bond acceptors (Lipinski definition) is 2. The first-order valence-electron chi connectivity index (χ1n) is 6.09. The van der Waals surface area contributed by atoms with Gasteiger partial charge in [-0.25, -0.2) is 4.39 Å². The molecule has 3 heteroatoms. The minimum absolute atomic E-state index is 0.119. The number of aliphatic hydroxyl groups is 1. The van der Waals surface area contributed by atoms with E-state index in [2.05, 4.69) is 19.2 Å². The van der Waals surface area contributed by atoms with E-state index in [-0.39, 0.29) is 23.4 Å². The van der Waals surface area contributed by atoms with Crippen LogP contribution in [0.3, 0.4) is 0 Å². The molecule has 1 aromatic carbocycles. The lowest BCUT2D eigenvalue weighted by atomic mass is 9.88. The fourth-order valence-corrected chi connectivity index (χ4v) is 2.79. The molecule has 17 heavy (non-hydrogen) atoms. The van der Waals surface area contributed by atoms with Crippen LogP contribution in [0.4, 0.5) is 10.1 Å². The SMILES string of the molecule is CC1(C)CCC(CO)(Nc2ccc(F)cc2)C1. The van der Waals surface area contributed by atoms with Crippen LogP contribution in [0.2, 0.25) is 0 Å². The van der Waals surface area contributed by atoms with Gasteiger partial charge < -0.3 is 10.4 Å². The maximum Gasteiger partial charge on any atom is 0.123 e. The van der Waals surface area contributed by atoms with Gasteiger partial charge in [0.15, 0.2) is 0 Å². The average Bonchev–Trinajstić information content (AvgIpc) is 2.59. The largest absolute Gasteiger partial charge is 0.394 e. The standard InChI is InChI=1S/C14H20FNO/c1-13(2)7-8-14(9-13,10-17)16-12-5-3-11(15)4-6-12/h3-6,16-17H,7-10H2,1-2H3. The van der Waals surface area contributed by atoms with Crippen molar-refractivity contribution >= 4 is 5.69 Å².